The van der Waals surface area contributed by atoms with E-state index >= 15 is 0 Å². The zero-order valence-electron chi connectivity index (χ0n) is 9.04. The quantitative estimate of drug-likeness (QED) is 0.865. The van der Waals surface area contributed by atoms with E-state index in [4.69, 9.17) is 5.73 Å². The lowest BCUT2D eigenvalue weighted by Gasteiger charge is -2.26. The van der Waals surface area contributed by atoms with Gasteiger partial charge in [0.05, 0.1) is 5.60 Å². The summed E-state index contributed by atoms with van der Waals surface area (Å²) in [6.45, 7) is 2.36. The van der Waals surface area contributed by atoms with E-state index in [9.17, 15) is 5.11 Å². The maximum atomic E-state index is 10.3. The van der Waals surface area contributed by atoms with Crippen LogP contribution in [0.2, 0.25) is 0 Å². The summed E-state index contributed by atoms with van der Waals surface area (Å²) < 4.78 is 1.04. The molecule has 0 radical (unpaired) electrons. The Balaban J connectivity index is 2.79. The number of nitrogens with two attached hydrogens (primary N) is 1. The van der Waals surface area contributed by atoms with Crippen LogP contribution in [0.4, 0.5) is 0 Å². The molecule has 1 unspecified atom stereocenters. The Hall–Kier alpha value is -0.380. The maximum absolute atomic E-state index is 10.3. The fourth-order valence-corrected chi connectivity index (χ4v) is 2.15. The van der Waals surface area contributed by atoms with Crippen molar-refractivity contribution in [3.63, 3.8) is 0 Å². The van der Waals surface area contributed by atoms with Crippen LogP contribution in [0.25, 0.3) is 0 Å². The van der Waals surface area contributed by atoms with Gasteiger partial charge in [-0.3, -0.25) is 0 Å². The highest BCUT2D eigenvalue weighted by Gasteiger charge is 2.24. The van der Waals surface area contributed by atoms with Crippen LogP contribution in [0.5, 0.6) is 0 Å². The average molecular weight is 272 g/mol. The average Bonchev–Trinajstić information content (AvgIpc) is 2.22. The van der Waals surface area contributed by atoms with Crippen molar-refractivity contribution in [2.45, 2.75) is 31.8 Å². The van der Waals surface area contributed by atoms with E-state index < -0.39 is 5.60 Å². The van der Waals surface area contributed by atoms with Gasteiger partial charge in [-0.2, -0.15) is 0 Å². The first-order chi connectivity index (χ1) is 7.11. The van der Waals surface area contributed by atoms with E-state index in [1.807, 2.05) is 24.3 Å². The summed E-state index contributed by atoms with van der Waals surface area (Å²) in [7, 11) is 0. The van der Waals surface area contributed by atoms with Gasteiger partial charge in [-0.05, 0) is 18.1 Å². The van der Waals surface area contributed by atoms with Crippen molar-refractivity contribution in [1.82, 2.24) is 0 Å². The topological polar surface area (TPSA) is 46.2 Å². The summed E-state index contributed by atoms with van der Waals surface area (Å²) in [6, 6.07) is 7.94. The minimum atomic E-state index is -0.765. The Kier molecular flexibility index (Phi) is 4.77. The fourth-order valence-electron chi connectivity index (χ4n) is 1.72. The van der Waals surface area contributed by atoms with Crippen LogP contribution < -0.4 is 5.73 Å². The summed E-state index contributed by atoms with van der Waals surface area (Å²) in [5.41, 5.74) is 5.97. The number of hydrogen-bond acceptors (Lipinski definition) is 2. The number of benzene rings is 1. The Bertz CT molecular complexity index is 316. The molecule has 0 aliphatic rings. The number of hydrogen-bond donors (Lipinski definition) is 2. The Morgan fingerprint density at radius 2 is 2.07 bits per heavy atom. The predicted octanol–water partition coefficient (Wildman–Crippen LogP) is 2.48. The first-order valence-corrected chi connectivity index (χ1v) is 6.06. The molecule has 0 bridgehead atoms. The van der Waals surface area contributed by atoms with E-state index in [1.54, 1.807) is 0 Å². The second-order valence-corrected chi connectivity index (χ2v) is 4.80. The lowest BCUT2D eigenvalue weighted by Crippen LogP contribution is -2.39. The Labute approximate surface area is 99.6 Å². The van der Waals surface area contributed by atoms with E-state index in [0.717, 1.165) is 22.9 Å². The van der Waals surface area contributed by atoms with Crippen LogP contribution >= 0.6 is 15.9 Å². The minimum absolute atomic E-state index is 0.308. The van der Waals surface area contributed by atoms with E-state index in [0.29, 0.717) is 13.0 Å². The highest BCUT2D eigenvalue weighted by molar-refractivity contribution is 9.10. The molecule has 3 heteroatoms. The molecule has 0 saturated heterocycles. The molecule has 0 aliphatic heterocycles. The molecule has 0 aromatic heterocycles. The standard InChI is InChI=1S/C12H18BrNO/c1-2-7-12(15,9-14)8-10-5-3-4-6-11(10)13/h3-6,15H,2,7-9,14H2,1H3. The molecular weight excluding hydrogens is 254 g/mol. The van der Waals surface area contributed by atoms with Crippen LogP contribution in [0.1, 0.15) is 25.3 Å². The lowest BCUT2D eigenvalue weighted by atomic mass is 9.90. The second kappa shape index (κ2) is 5.64. The summed E-state index contributed by atoms with van der Waals surface area (Å²) in [6.07, 6.45) is 2.29. The number of rotatable bonds is 5. The van der Waals surface area contributed by atoms with Gasteiger partial charge < -0.3 is 10.8 Å². The molecule has 1 aromatic carbocycles. The van der Waals surface area contributed by atoms with Crippen molar-refractivity contribution < 1.29 is 5.11 Å². The zero-order valence-corrected chi connectivity index (χ0v) is 10.6. The van der Waals surface area contributed by atoms with Crippen molar-refractivity contribution in [2.75, 3.05) is 6.54 Å². The molecule has 1 aromatic rings. The first kappa shape index (κ1) is 12.7. The van der Waals surface area contributed by atoms with Crippen LogP contribution in [-0.2, 0) is 6.42 Å². The number of halogens is 1. The van der Waals surface area contributed by atoms with Gasteiger partial charge >= 0.3 is 0 Å². The second-order valence-electron chi connectivity index (χ2n) is 3.95. The van der Waals surface area contributed by atoms with Gasteiger partial charge in [-0.15, -0.1) is 0 Å². The summed E-state index contributed by atoms with van der Waals surface area (Å²) in [5, 5.41) is 10.3. The van der Waals surface area contributed by atoms with Crippen molar-refractivity contribution >= 4 is 15.9 Å². The predicted molar refractivity (Wildman–Crippen MR) is 66.8 cm³/mol. The Morgan fingerprint density at radius 1 is 1.40 bits per heavy atom. The number of aliphatic hydroxyl groups is 1. The molecule has 3 N–H and O–H groups in total. The normalized spacial score (nSPS) is 14.9. The van der Waals surface area contributed by atoms with Gasteiger partial charge in [0.25, 0.3) is 0 Å². The molecule has 2 nitrogen and oxygen atoms in total. The van der Waals surface area contributed by atoms with Gasteiger partial charge in [-0.25, -0.2) is 0 Å². The molecule has 0 fully saturated rings. The molecule has 0 aliphatic carbocycles. The van der Waals surface area contributed by atoms with Gasteiger partial charge in [0.15, 0.2) is 0 Å². The van der Waals surface area contributed by atoms with Crippen LogP contribution in [0, 0.1) is 0 Å². The first-order valence-electron chi connectivity index (χ1n) is 5.27. The molecular formula is C12H18BrNO. The molecule has 84 valence electrons. The van der Waals surface area contributed by atoms with Crippen molar-refractivity contribution in [3.05, 3.63) is 34.3 Å². The SMILES string of the molecule is CCCC(O)(CN)Cc1ccccc1Br. The monoisotopic (exact) mass is 271 g/mol. The maximum Gasteiger partial charge on any atom is 0.0809 e. The third-order valence-electron chi connectivity index (χ3n) is 2.57. The molecule has 0 spiro atoms. The largest absolute Gasteiger partial charge is 0.388 e. The molecule has 0 amide bonds. The summed E-state index contributed by atoms with van der Waals surface area (Å²) in [5.74, 6) is 0. The highest BCUT2D eigenvalue weighted by Crippen LogP contribution is 2.23. The fraction of sp³-hybridized carbons (Fsp3) is 0.500. The molecule has 0 heterocycles. The molecule has 15 heavy (non-hydrogen) atoms. The van der Waals surface area contributed by atoms with Gasteiger partial charge in [0, 0.05) is 17.4 Å². The minimum Gasteiger partial charge on any atom is -0.388 e. The molecule has 0 saturated carbocycles. The zero-order chi connectivity index (χ0) is 11.3. The summed E-state index contributed by atoms with van der Waals surface area (Å²) >= 11 is 3.48. The van der Waals surface area contributed by atoms with Gasteiger partial charge in [0.2, 0.25) is 0 Å². The third-order valence-corrected chi connectivity index (χ3v) is 3.35. The van der Waals surface area contributed by atoms with E-state index in [2.05, 4.69) is 22.9 Å². The summed E-state index contributed by atoms with van der Waals surface area (Å²) in [4.78, 5) is 0. The smallest absolute Gasteiger partial charge is 0.0809 e. The van der Waals surface area contributed by atoms with E-state index in [1.165, 1.54) is 0 Å². The highest BCUT2D eigenvalue weighted by atomic mass is 79.9. The van der Waals surface area contributed by atoms with Gasteiger partial charge in [0.1, 0.15) is 0 Å². The van der Waals surface area contributed by atoms with Crippen molar-refractivity contribution in [2.24, 2.45) is 5.73 Å². The van der Waals surface area contributed by atoms with Crippen LogP contribution in [0.3, 0.4) is 0 Å². The van der Waals surface area contributed by atoms with Crippen LogP contribution in [0.15, 0.2) is 28.7 Å². The molecule has 1 rings (SSSR count). The Morgan fingerprint density at radius 3 is 2.60 bits per heavy atom. The van der Waals surface area contributed by atoms with Crippen molar-refractivity contribution in [3.8, 4) is 0 Å². The lowest BCUT2D eigenvalue weighted by molar-refractivity contribution is 0.0397. The molecule has 1 atom stereocenters. The third kappa shape index (κ3) is 3.59. The van der Waals surface area contributed by atoms with Gasteiger partial charge in [-0.1, -0.05) is 47.5 Å². The van der Waals surface area contributed by atoms with Crippen molar-refractivity contribution in [1.29, 1.82) is 0 Å². The van der Waals surface area contributed by atoms with E-state index in [-0.39, 0.29) is 0 Å². The van der Waals surface area contributed by atoms with Crippen LogP contribution in [-0.4, -0.2) is 17.3 Å².